The number of aliphatic hydroxyl groups is 2. The minimum Gasteiger partial charge on any atom is -0.396 e. The van der Waals surface area contributed by atoms with Crippen LogP contribution in [0.1, 0.15) is 135 Å². The van der Waals surface area contributed by atoms with E-state index in [4.69, 9.17) is 9.84 Å². The van der Waals surface area contributed by atoms with E-state index in [0.717, 1.165) is 38.7 Å². The Kier molecular flexibility index (Phi) is 18.7. The fraction of sp³-hybridized carbons (Fsp3) is 1.00. The molecule has 3 nitrogen and oxygen atoms in total. The molecule has 1 saturated heterocycles. The molecule has 28 heavy (non-hydrogen) atoms. The van der Waals surface area contributed by atoms with Crippen LogP contribution in [0.25, 0.3) is 0 Å². The van der Waals surface area contributed by atoms with Gasteiger partial charge in [0, 0.05) is 13.2 Å². The Balaban J connectivity index is 1.72. The summed E-state index contributed by atoms with van der Waals surface area (Å²) in [4.78, 5) is 0. The number of unbranched alkanes of at least 4 members (excludes halogenated alkanes) is 13. The Morgan fingerprint density at radius 1 is 0.643 bits per heavy atom. The average molecular weight is 399 g/mol. The van der Waals surface area contributed by atoms with Crippen molar-refractivity contribution in [1.82, 2.24) is 0 Å². The Morgan fingerprint density at radius 3 is 1.64 bits per heavy atom. The van der Waals surface area contributed by atoms with Crippen molar-refractivity contribution in [2.24, 2.45) is 0 Å². The topological polar surface area (TPSA) is 49.7 Å². The van der Waals surface area contributed by atoms with E-state index in [1.807, 2.05) is 0 Å². The Hall–Kier alpha value is -0.120. The molecule has 0 aromatic carbocycles. The quantitative estimate of drug-likeness (QED) is 0.219. The van der Waals surface area contributed by atoms with Crippen LogP contribution in [0.2, 0.25) is 0 Å². The fourth-order valence-corrected chi connectivity index (χ4v) is 4.37. The van der Waals surface area contributed by atoms with Crippen molar-refractivity contribution < 1.29 is 14.9 Å². The summed E-state index contributed by atoms with van der Waals surface area (Å²) in [6.07, 6.45) is 26.7. The monoisotopic (exact) mass is 398 g/mol. The van der Waals surface area contributed by atoms with Gasteiger partial charge < -0.3 is 14.9 Å². The summed E-state index contributed by atoms with van der Waals surface area (Å²) < 4.78 is 5.76. The molecule has 1 aliphatic heterocycles. The molecular weight excluding hydrogens is 348 g/mol. The van der Waals surface area contributed by atoms with E-state index in [1.165, 1.54) is 103 Å². The third-order valence-corrected chi connectivity index (χ3v) is 6.28. The molecule has 1 aliphatic rings. The van der Waals surface area contributed by atoms with Crippen molar-refractivity contribution in [2.75, 3.05) is 13.2 Å². The summed E-state index contributed by atoms with van der Waals surface area (Å²) >= 11 is 0. The third kappa shape index (κ3) is 16.8. The molecule has 0 aliphatic carbocycles. The van der Waals surface area contributed by atoms with Crippen molar-refractivity contribution in [1.29, 1.82) is 0 Å². The van der Waals surface area contributed by atoms with Crippen LogP contribution in [-0.4, -0.2) is 35.6 Å². The van der Waals surface area contributed by atoms with Gasteiger partial charge in [0.1, 0.15) is 0 Å². The molecule has 2 atom stereocenters. The lowest BCUT2D eigenvalue weighted by molar-refractivity contribution is 0.00764. The summed E-state index contributed by atoms with van der Waals surface area (Å²) in [7, 11) is 0. The SMILES string of the molecule is OCCCCCCCCCCCCCCCCC(O)CCCC1CCCCO1. The van der Waals surface area contributed by atoms with Crippen molar-refractivity contribution in [2.45, 2.75) is 147 Å². The van der Waals surface area contributed by atoms with Gasteiger partial charge in [-0.25, -0.2) is 0 Å². The zero-order valence-corrected chi connectivity index (χ0v) is 18.7. The second-order valence-electron chi connectivity index (χ2n) is 9.04. The van der Waals surface area contributed by atoms with Crippen molar-refractivity contribution >= 4 is 0 Å². The lowest BCUT2D eigenvalue weighted by atomic mass is 9.99. The van der Waals surface area contributed by atoms with Gasteiger partial charge in [-0.15, -0.1) is 0 Å². The van der Waals surface area contributed by atoms with Gasteiger partial charge in [-0.05, 0) is 51.4 Å². The molecule has 2 unspecified atom stereocenters. The van der Waals surface area contributed by atoms with Gasteiger partial charge in [0.25, 0.3) is 0 Å². The van der Waals surface area contributed by atoms with E-state index >= 15 is 0 Å². The predicted octanol–water partition coefficient (Wildman–Crippen LogP) is 6.93. The highest BCUT2D eigenvalue weighted by molar-refractivity contribution is 4.65. The van der Waals surface area contributed by atoms with Crippen molar-refractivity contribution in [3.8, 4) is 0 Å². The molecular formula is C25H50O3. The van der Waals surface area contributed by atoms with E-state index in [1.54, 1.807) is 0 Å². The standard InChI is InChI=1S/C25H50O3/c26-22-15-12-10-8-6-4-2-1-3-5-7-9-11-13-18-24(27)19-17-21-25-20-14-16-23-28-25/h24-27H,1-23H2. The first-order chi connectivity index (χ1) is 13.8. The van der Waals surface area contributed by atoms with E-state index in [9.17, 15) is 5.11 Å². The molecule has 2 N–H and O–H groups in total. The van der Waals surface area contributed by atoms with E-state index in [-0.39, 0.29) is 6.10 Å². The molecule has 1 fully saturated rings. The normalized spacial score (nSPS) is 18.4. The van der Waals surface area contributed by atoms with Gasteiger partial charge >= 0.3 is 0 Å². The van der Waals surface area contributed by atoms with Gasteiger partial charge in [-0.1, -0.05) is 83.5 Å². The van der Waals surface area contributed by atoms with Crippen molar-refractivity contribution in [3.05, 3.63) is 0 Å². The maximum absolute atomic E-state index is 10.1. The Bertz CT molecular complexity index is 302. The van der Waals surface area contributed by atoms with E-state index in [2.05, 4.69) is 0 Å². The fourth-order valence-electron chi connectivity index (χ4n) is 4.37. The summed E-state index contributed by atoms with van der Waals surface area (Å²) in [5.74, 6) is 0. The van der Waals surface area contributed by atoms with Crippen LogP contribution in [0.15, 0.2) is 0 Å². The predicted molar refractivity (Wildman–Crippen MR) is 120 cm³/mol. The minimum absolute atomic E-state index is 0.0905. The third-order valence-electron chi connectivity index (χ3n) is 6.28. The molecule has 168 valence electrons. The van der Waals surface area contributed by atoms with Crippen LogP contribution in [0.5, 0.6) is 0 Å². The summed E-state index contributed by atoms with van der Waals surface area (Å²) in [6.45, 7) is 1.30. The number of rotatable bonds is 20. The van der Waals surface area contributed by atoms with Crippen LogP contribution in [0, 0.1) is 0 Å². The van der Waals surface area contributed by atoms with Crippen LogP contribution in [-0.2, 0) is 4.74 Å². The smallest absolute Gasteiger partial charge is 0.0575 e. The molecule has 0 saturated carbocycles. The molecule has 0 spiro atoms. The van der Waals surface area contributed by atoms with Crippen LogP contribution < -0.4 is 0 Å². The first-order valence-electron chi connectivity index (χ1n) is 12.7. The van der Waals surface area contributed by atoms with Gasteiger partial charge in [0.15, 0.2) is 0 Å². The highest BCUT2D eigenvalue weighted by atomic mass is 16.5. The molecule has 0 aromatic heterocycles. The molecule has 3 heteroatoms. The highest BCUT2D eigenvalue weighted by Gasteiger charge is 2.14. The maximum atomic E-state index is 10.1. The number of hydrogen-bond donors (Lipinski definition) is 2. The molecule has 0 radical (unpaired) electrons. The van der Waals surface area contributed by atoms with Gasteiger partial charge in [0.2, 0.25) is 0 Å². The first kappa shape index (κ1) is 25.9. The molecule has 0 bridgehead atoms. The van der Waals surface area contributed by atoms with Gasteiger partial charge in [0.05, 0.1) is 12.2 Å². The second kappa shape index (κ2) is 20.2. The summed E-state index contributed by atoms with van der Waals surface area (Å²) in [5.41, 5.74) is 0. The van der Waals surface area contributed by atoms with Gasteiger partial charge in [-0.3, -0.25) is 0 Å². The molecule has 0 amide bonds. The summed E-state index contributed by atoms with van der Waals surface area (Å²) in [6, 6.07) is 0. The molecule has 1 rings (SSSR count). The minimum atomic E-state index is -0.0905. The first-order valence-corrected chi connectivity index (χ1v) is 12.7. The maximum Gasteiger partial charge on any atom is 0.0575 e. The van der Waals surface area contributed by atoms with Crippen LogP contribution in [0.4, 0.5) is 0 Å². The second-order valence-corrected chi connectivity index (χ2v) is 9.04. The Morgan fingerprint density at radius 2 is 1.14 bits per heavy atom. The van der Waals surface area contributed by atoms with Crippen LogP contribution >= 0.6 is 0 Å². The number of hydrogen-bond acceptors (Lipinski definition) is 3. The van der Waals surface area contributed by atoms with E-state index in [0.29, 0.717) is 12.7 Å². The average Bonchev–Trinajstić information content (AvgIpc) is 2.71. The number of aliphatic hydroxyl groups excluding tert-OH is 2. The molecule has 0 aromatic rings. The van der Waals surface area contributed by atoms with Crippen molar-refractivity contribution in [3.63, 3.8) is 0 Å². The zero-order valence-electron chi connectivity index (χ0n) is 18.7. The number of ether oxygens (including phenoxy) is 1. The van der Waals surface area contributed by atoms with Gasteiger partial charge in [-0.2, -0.15) is 0 Å². The largest absolute Gasteiger partial charge is 0.396 e. The highest BCUT2D eigenvalue weighted by Crippen LogP contribution is 2.19. The molecule has 1 heterocycles. The van der Waals surface area contributed by atoms with E-state index < -0.39 is 0 Å². The summed E-state index contributed by atoms with van der Waals surface area (Å²) in [5, 5.41) is 18.9. The lowest BCUT2D eigenvalue weighted by Gasteiger charge is -2.22. The van der Waals surface area contributed by atoms with Crippen LogP contribution in [0.3, 0.4) is 0 Å². The Labute approximate surface area is 175 Å². The zero-order chi connectivity index (χ0) is 20.1. The lowest BCUT2D eigenvalue weighted by Crippen LogP contribution is -2.19.